The maximum absolute atomic E-state index is 13.8. The summed E-state index contributed by atoms with van der Waals surface area (Å²) in [5, 5.41) is 12.5. The molecule has 0 bridgehead atoms. The predicted molar refractivity (Wildman–Crippen MR) is 63.9 cm³/mol. The second-order valence-electron chi connectivity index (χ2n) is 4.34. The first-order chi connectivity index (χ1) is 8.22. The molecule has 0 spiro atoms. The maximum Gasteiger partial charge on any atom is 0.129 e. The van der Waals surface area contributed by atoms with E-state index in [0.29, 0.717) is 5.56 Å². The number of rotatable bonds is 2. The Bertz CT molecular complexity index is 433. The number of aryl methyl sites for hydroxylation is 1. The number of hydrogen-bond acceptors (Lipinski definition) is 3. The van der Waals surface area contributed by atoms with Crippen molar-refractivity contribution in [1.82, 2.24) is 10.2 Å². The van der Waals surface area contributed by atoms with E-state index in [1.54, 1.807) is 12.1 Å². The van der Waals surface area contributed by atoms with Crippen molar-refractivity contribution >= 4 is 0 Å². The molecule has 1 aliphatic heterocycles. The van der Waals surface area contributed by atoms with Crippen molar-refractivity contribution in [1.29, 1.82) is 5.26 Å². The van der Waals surface area contributed by atoms with Gasteiger partial charge in [0.2, 0.25) is 0 Å². The molecule has 1 aliphatic rings. The summed E-state index contributed by atoms with van der Waals surface area (Å²) in [6.45, 7) is 5.18. The fraction of sp³-hybridized carbons (Fsp3) is 0.462. The quantitative estimate of drug-likeness (QED) is 0.843. The molecule has 0 aromatic heterocycles. The van der Waals surface area contributed by atoms with Crippen LogP contribution in [0.15, 0.2) is 18.2 Å². The minimum Gasteiger partial charge on any atom is -0.314 e. The van der Waals surface area contributed by atoms with E-state index in [2.05, 4.69) is 11.4 Å². The Labute approximate surface area is 101 Å². The highest BCUT2D eigenvalue weighted by atomic mass is 19.1. The second-order valence-corrected chi connectivity index (χ2v) is 4.34. The molecule has 0 aliphatic carbocycles. The predicted octanol–water partition coefficient (Wildman–Crippen LogP) is 1.60. The SMILES string of the molecule is Cc1ccc(F)c(C(C#N)N2CCNCC2)c1. The number of halogens is 1. The van der Waals surface area contributed by atoms with E-state index in [4.69, 9.17) is 0 Å². The lowest BCUT2D eigenvalue weighted by molar-refractivity contribution is 0.204. The van der Waals surface area contributed by atoms with E-state index in [-0.39, 0.29) is 5.82 Å². The highest BCUT2D eigenvalue weighted by molar-refractivity contribution is 5.30. The van der Waals surface area contributed by atoms with Gasteiger partial charge in [-0.25, -0.2) is 4.39 Å². The van der Waals surface area contributed by atoms with Crippen LogP contribution in [0.1, 0.15) is 17.2 Å². The molecular weight excluding hydrogens is 217 g/mol. The minimum atomic E-state index is -0.475. The van der Waals surface area contributed by atoms with Crippen LogP contribution >= 0.6 is 0 Å². The monoisotopic (exact) mass is 233 g/mol. The van der Waals surface area contributed by atoms with Gasteiger partial charge >= 0.3 is 0 Å². The molecule has 0 saturated carbocycles. The summed E-state index contributed by atoms with van der Waals surface area (Å²) in [6.07, 6.45) is 0. The number of hydrogen-bond donors (Lipinski definition) is 1. The topological polar surface area (TPSA) is 39.1 Å². The van der Waals surface area contributed by atoms with Gasteiger partial charge in [0.15, 0.2) is 0 Å². The van der Waals surface area contributed by atoms with Crippen LogP contribution < -0.4 is 5.32 Å². The van der Waals surface area contributed by atoms with Crippen LogP contribution in [-0.2, 0) is 0 Å². The third-order valence-corrected chi connectivity index (χ3v) is 3.09. The van der Waals surface area contributed by atoms with Crippen LogP contribution in [0, 0.1) is 24.1 Å². The molecule has 2 rings (SSSR count). The highest BCUT2D eigenvalue weighted by Gasteiger charge is 2.24. The largest absolute Gasteiger partial charge is 0.314 e. The molecule has 1 aromatic carbocycles. The summed E-state index contributed by atoms with van der Waals surface area (Å²) >= 11 is 0. The molecule has 1 heterocycles. The lowest BCUT2D eigenvalue weighted by Crippen LogP contribution is -2.45. The fourth-order valence-corrected chi connectivity index (χ4v) is 2.16. The smallest absolute Gasteiger partial charge is 0.129 e. The molecule has 90 valence electrons. The fourth-order valence-electron chi connectivity index (χ4n) is 2.16. The standard InChI is InChI=1S/C13H16FN3/c1-10-2-3-12(14)11(8-10)13(9-15)17-6-4-16-5-7-17/h2-3,8,13,16H,4-7H2,1H3. The Hall–Kier alpha value is -1.44. The van der Waals surface area contributed by atoms with Gasteiger partial charge < -0.3 is 5.32 Å². The number of nitrogens with one attached hydrogen (secondary N) is 1. The molecule has 0 radical (unpaired) electrons. The average molecular weight is 233 g/mol. The Kier molecular flexibility index (Phi) is 3.72. The van der Waals surface area contributed by atoms with Gasteiger partial charge in [-0.3, -0.25) is 4.90 Å². The van der Waals surface area contributed by atoms with E-state index in [0.717, 1.165) is 31.7 Å². The first-order valence-electron chi connectivity index (χ1n) is 5.83. The third-order valence-electron chi connectivity index (χ3n) is 3.09. The normalized spacial score (nSPS) is 18.6. The van der Waals surface area contributed by atoms with Crippen molar-refractivity contribution in [2.75, 3.05) is 26.2 Å². The number of nitrogens with zero attached hydrogens (tertiary/aromatic N) is 2. The summed E-state index contributed by atoms with van der Waals surface area (Å²) in [5.74, 6) is -0.291. The average Bonchev–Trinajstić information content (AvgIpc) is 2.36. The van der Waals surface area contributed by atoms with Crippen LogP contribution in [0.25, 0.3) is 0 Å². The minimum absolute atomic E-state index is 0.291. The molecule has 0 amide bonds. The third kappa shape index (κ3) is 2.63. The van der Waals surface area contributed by atoms with E-state index in [1.807, 2.05) is 11.8 Å². The Balaban J connectivity index is 2.28. The molecule has 3 nitrogen and oxygen atoms in total. The Morgan fingerprint density at radius 2 is 2.12 bits per heavy atom. The second kappa shape index (κ2) is 5.26. The van der Waals surface area contributed by atoms with E-state index >= 15 is 0 Å². The number of piperazine rings is 1. The van der Waals surface area contributed by atoms with Gasteiger partial charge in [-0.05, 0) is 13.0 Å². The zero-order valence-corrected chi connectivity index (χ0v) is 9.91. The van der Waals surface area contributed by atoms with Gasteiger partial charge in [0, 0.05) is 31.7 Å². The van der Waals surface area contributed by atoms with E-state index in [1.165, 1.54) is 6.07 Å². The molecule has 1 saturated heterocycles. The van der Waals surface area contributed by atoms with Gasteiger partial charge in [-0.2, -0.15) is 5.26 Å². The Morgan fingerprint density at radius 1 is 1.41 bits per heavy atom. The van der Waals surface area contributed by atoms with Crippen molar-refractivity contribution in [3.8, 4) is 6.07 Å². The highest BCUT2D eigenvalue weighted by Crippen LogP contribution is 2.24. The number of nitriles is 1. The summed E-state index contributed by atoms with van der Waals surface area (Å²) < 4.78 is 13.8. The van der Waals surface area contributed by atoms with Crippen molar-refractivity contribution in [3.05, 3.63) is 35.1 Å². The van der Waals surface area contributed by atoms with Crippen LogP contribution in [0.3, 0.4) is 0 Å². The molecular formula is C13H16FN3. The lowest BCUT2D eigenvalue weighted by atomic mass is 10.0. The van der Waals surface area contributed by atoms with Crippen molar-refractivity contribution < 1.29 is 4.39 Å². The van der Waals surface area contributed by atoms with Crippen LogP contribution in [0.2, 0.25) is 0 Å². The van der Waals surface area contributed by atoms with Gasteiger partial charge in [0.25, 0.3) is 0 Å². The van der Waals surface area contributed by atoms with Gasteiger partial charge in [-0.1, -0.05) is 17.7 Å². The van der Waals surface area contributed by atoms with E-state index in [9.17, 15) is 9.65 Å². The first kappa shape index (κ1) is 12.0. The summed E-state index contributed by atoms with van der Waals surface area (Å²) in [6, 6.07) is 6.68. The molecule has 1 unspecified atom stereocenters. The summed E-state index contributed by atoms with van der Waals surface area (Å²) in [4.78, 5) is 2.02. The molecule has 1 N–H and O–H groups in total. The lowest BCUT2D eigenvalue weighted by Gasteiger charge is -2.31. The van der Waals surface area contributed by atoms with Crippen molar-refractivity contribution in [2.45, 2.75) is 13.0 Å². The molecule has 4 heteroatoms. The number of benzene rings is 1. The van der Waals surface area contributed by atoms with E-state index < -0.39 is 6.04 Å². The van der Waals surface area contributed by atoms with Gasteiger partial charge in [0.05, 0.1) is 6.07 Å². The first-order valence-corrected chi connectivity index (χ1v) is 5.83. The van der Waals surface area contributed by atoms with Crippen LogP contribution in [0.5, 0.6) is 0 Å². The summed E-state index contributed by atoms with van der Waals surface area (Å²) in [7, 11) is 0. The van der Waals surface area contributed by atoms with Crippen molar-refractivity contribution in [2.24, 2.45) is 0 Å². The molecule has 1 atom stereocenters. The zero-order valence-electron chi connectivity index (χ0n) is 9.91. The molecule has 17 heavy (non-hydrogen) atoms. The summed E-state index contributed by atoms with van der Waals surface area (Å²) in [5.41, 5.74) is 1.48. The molecule has 1 fully saturated rings. The van der Waals surface area contributed by atoms with Gasteiger partial charge in [0.1, 0.15) is 11.9 Å². The Morgan fingerprint density at radius 3 is 2.76 bits per heavy atom. The molecule has 1 aromatic rings. The van der Waals surface area contributed by atoms with Gasteiger partial charge in [-0.15, -0.1) is 0 Å². The van der Waals surface area contributed by atoms with Crippen molar-refractivity contribution in [3.63, 3.8) is 0 Å². The zero-order chi connectivity index (χ0) is 12.3. The van der Waals surface area contributed by atoms with Crippen LogP contribution in [-0.4, -0.2) is 31.1 Å². The van der Waals surface area contributed by atoms with Crippen LogP contribution in [0.4, 0.5) is 4.39 Å². The maximum atomic E-state index is 13.8.